The molecule has 0 spiro atoms. The van der Waals surface area contributed by atoms with Gasteiger partial charge in [0.25, 0.3) is 0 Å². The van der Waals surface area contributed by atoms with Gasteiger partial charge in [0.1, 0.15) is 0 Å². The number of rotatable bonds is 4. The maximum absolute atomic E-state index is 10.2. The summed E-state index contributed by atoms with van der Waals surface area (Å²) in [5.41, 5.74) is 3.78. The SMILES string of the molecule is C=C1/C(=C\C=C2/CCC[C@]3(C)[C@@H](C(C)CN4CCOC[C@@H]4C)CC[C@@H]23)C[C@@H](O)C[C@H]1O. The number of aliphatic hydroxyl groups is 2. The van der Waals surface area contributed by atoms with Crippen LogP contribution in [0.1, 0.15) is 65.7 Å². The minimum atomic E-state index is -0.607. The first-order chi connectivity index (χ1) is 14.8. The van der Waals surface area contributed by atoms with Crippen molar-refractivity contribution in [1.82, 2.24) is 4.90 Å². The number of hydrogen-bond donors (Lipinski definition) is 2. The summed E-state index contributed by atoms with van der Waals surface area (Å²) in [5.74, 6) is 2.15. The molecule has 0 radical (unpaired) electrons. The van der Waals surface area contributed by atoms with Crippen molar-refractivity contribution in [2.45, 2.75) is 84.0 Å². The quantitative estimate of drug-likeness (QED) is 0.692. The second kappa shape index (κ2) is 9.51. The third-order valence-corrected chi connectivity index (χ3v) is 9.02. The van der Waals surface area contributed by atoms with Gasteiger partial charge in [0, 0.05) is 25.6 Å². The van der Waals surface area contributed by atoms with E-state index in [0.29, 0.717) is 36.1 Å². The van der Waals surface area contributed by atoms with Crippen LogP contribution in [0, 0.1) is 23.2 Å². The molecule has 0 aromatic heterocycles. The molecule has 2 N–H and O–H groups in total. The number of allylic oxidation sites excluding steroid dienone is 3. The molecular weight excluding hydrogens is 386 g/mol. The van der Waals surface area contributed by atoms with Gasteiger partial charge in [-0.1, -0.05) is 38.2 Å². The molecule has 4 nitrogen and oxygen atoms in total. The Balaban J connectivity index is 1.48. The highest BCUT2D eigenvalue weighted by atomic mass is 16.5. The largest absolute Gasteiger partial charge is 0.393 e. The summed E-state index contributed by atoms with van der Waals surface area (Å²) in [7, 11) is 0. The van der Waals surface area contributed by atoms with Crippen LogP contribution in [0.4, 0.5) is 0 Å². The number of fused-ring (bicyclic) bond motifs is 1. The zero-order chi connectivity index (χ0) is 22.2. The van der Waals surface area contributed by atoms with Crippen LogP contribution in [0.3, 0.4) is 0 Å². The maximum Gasteiger partial charge on any atom is 0.0811 e. The number of morpholine rings is 1. The van der Waals surface area contributed by atoms with Crippen molar-refractivity contribution in [1.29, 1.82) is 0 Å². The van der Waals surface area contributed by atoms with Crippen molar-refractivity contribution < 1.29 is 14.9 Å². The van der Waals surface area contributed by atoms with Crippen LogP contribution in [0.2, 0.25) is 0 Å². The lowest BCUT2D eigenvalue weighted by atomic mass is 9.61. The van der Waals surface area contributed by atoms with Crippen molar-refractivity contribution in [3.05, 3.63) is 35.5 Å². The fraction of sp³-hybridized carbons (Fsp3) is 0.778. The van der Waals surface area contributed by atoms with Crippen molar-refractivity contribution >= 4 is 0 Å². The fourth-order valence-corrected chi connectivity index (χ4v) is 7.21. The Morgan fingerprint density at radius 2 is 2.10 bits per heavy atom. The van der Waals surface area contributed by atoms with E-state index in [-0.39, 0.29) is 0 Å². The zero-order valence-corrected chi connectivity index (χ0v) is 19.9. The second-order valence-electron chi connectivity index (χ2n) is 11.1. The zero-order valence-electron chi connectivity index (χ0n) is 19.9. The van der Waals surface area contributed by atoms with Gasteiger partial charge in [-0.05, 0) is 79.8 Å². The first kappa shape index (κ1) is 23.2. The Morgan fingerprint density at radius 1 is 1.29 bits per heavy atom. The van der Waals surface area contributed by atoms with Gasteiger partial charge in [0.15, 0.2) is 0 Å². The molecule has 1 unspecified atom stereocenters. The monoisotopic (exact) mass is 429 g/mol. The minimum absolute atomic E-state index is 0.389. The topological polar surface area (TPSA) is 52.9 Å². The van der Waals surface area contributed by atoms with Crippen LogP contribution >= 0.6 is 0 Å². The van der Waals surface area contributed by atoms with E-state index in [1.165, 1.54) is 38.6 Å². The summed E-state index contributed by atoms with van der Waals surface area (Å²) in [6.45, 7) is 15.4. The van der Waals surface area contributed by atoms with Gasteiger partial charge < -0.3 is 14.9 Å². The summed E-state index contributed by atoms with van der Waals surface area (Å²) in [6.07, 6.45) is 10.9. The summed E-state index contributed by atoms with van der Waals surface area (Å²) < 4.78 is 5.64. The van der Waals surface area contributed by atoms with E-state index in [1.54, 1.807) is 5.57 Å². The molecule has 31 heavy (non-hydrogen) atoms. The Kier molecular flexibility index (Phi) is 7.12. The third-order valence-electron chi connectivity index (χ3n) is 9.02. The van der Waals surface area contributed by atoms with Crippen molar-refractivity contribution in [3.63, 3.8) is 0 Å². The molecule has 174 valence electrons. The van der Waals surface area contributed by atoms with Crippen molar-refractivity contribution in [2.75, 3.05) is 26.3 Å². The molecule has 0 aromatic carbocycles. The predicted molar refractivity (Wildman–Crippen MR) is 126 cm³/mol. The molecule has 4 aliphatic rings. The van der Waals surface area contributed by atoms with Crippen LogP contribution in [0.25, 0.3) is 0 Å². The van der Waals surface area contributed by atoms with Gasteiger partial charge in [-0.25, -0.2) is 0 Å². The fourth-order valence-electron chi connectivity index (χ4n) is 7.21. The first-order valence-corrected chi connectivity index (χ1v) is 12.6. The molecule has 3 saturated carbocycles. The molecule has 0 amide bonds. The molecule has 0 aromatic rings. The van der Waals surface area contributed by atoms with E-state index in [9.17, 15) is 10.2 Å². The van der Waals surface area contributed by atoms with Crippen LogP contribution < -0.4 is 0 Å². The van der Waals surface area contributed by atoms with Crippen molar-refractivity contribution in [3.8, 4) is 0 Å². The molecule has 3 aliphatic carbocycles. The Hall–Kier alpha value is -0.940. The van der Waals surface area contributed by atoms with E-state index in [4.69, 9.17) is 4.74 Å². The molecular formula is C27H43NO3. The lowest BCUT2D eigenvalue weighted by molar-refractivity contribution is -0.0176. The highest BCUT2D eigenvalue weighted by Gasteiger charge is 2.50. The highest BCUT2D eigenvalue weighted by Crippen LogP contribution is 2.59. The van der Waals surface area contributed by atoms with E-state index in [1.807, 2.05) is 0 Å². The van der Waals surface area contributed by atoms with Gasteiger partial charge in [0.05, 0.1) is 25.4 Å². The molecule has 4 heteroatoms. The van der Waals surface area contributed by atoms with E-state index in [2.05, 4.69) is 44.4 Å². The smallest absolute Gasteiger partial charge is 0.0811 e. The van der Waals surface area contributed by atoms with E-state index >= 15 is 0 Å². The predicted octanol–water partition coefficient (Wildman–Crippen LogP) is 4.48. The summed E-state index contributed by atoms with van der Waals surface area (Å²) in [6, 6.07) is 0.531. The Labute approximate surface area is 189 Å². The summed E-state index contributed by atoms with van der Waals surface area (Å²) in [4.78, 5) is 2.64. The van der Waals surface area contributed by atoms with Gasteiger partial charge >= 0.3 is 0 Å². The molecule has 1 saturated heterocycles. The molecule has 4 rings (SSSR count). The Bertz CT molecular complexity index is 728. The van der Waals surface area contributed by atoms with Gasteiger partial charge in [-0.15, -0.1) is 0 Å². The summed E-state index contributed by atoms with van der Waals surface area (Å²) >= 11 is 0. The lowest BCUT2D eigenvalue weighted by Gasteiger charge is -2.46. The number of nitrogens with zero attached hydrogens (tertiary/aromatic N) is 1. The van der Waals surface area contributed by atoms with Gasteiger partial charge in [-0.3, -0.25) is 4.90 Å². The molecule has 0 bridgehead atoms. The summed E-state index contributed by atoms with van der Waals surface area (Å²) in [5, 5.41) is 20.2. The van der Waals surface area contributed by atoms with Crippen LogP contribution in [0.15, 0.2) is 35.5 Å². The van der Waals surface area contributed by atoms with Crippen LogP contribution in [0.5, 0.6) is 0 Å². The van der Waals surface area contributed by atoms with Crippen molar-refractivity contribution in [2.24, 2.45) is 23.2 Å². The number of ether oxygens (including phenoxy) is 1. The number of hydrogen-bond acceptors (Lipinski definition) is 4. The minimum Gasteiger partial charge on any atom is -0.393 e. The first-order valence-electron chi connectivity index (χ1n) is 12.6. The van der Waals surface area contributed by atoms with E-state index in [0.717, 1.165) is 36.8 Å². The van der Waals surface area contributed by atoms with Crippen LogP contribution in [-0.2, 0) is 4.74 Å². The lowest BCUT2D eigenvalue weighted by Crippen LogP contribution is -2.47. The van der Waals surface area contributed by atoms with Gasteiger partial charge in [-0.2, -0.15) is 0 Å². The molecule has 4 fully saturated rings. The highest BCUT2D eigenvalue weighted by molar-refractivity contribution is 5.38. The molecule has 1 aliphatic heterocycles. The maximum atomic E-state index is 10.2. The number of aliphatic hydroxyl groups excluding tert-OH is 2. The molecule has 7 atom stereocenters. The standard InChI is InChI=1S/C27H43NO3/c1-18(16-28-12-13-31-17-19(28)2)24-9-10-25-21(6-5-11-27(24,25)4)7-8-22-14-23(29)15-26(30)20(22)3/h7-8,18-19,23-26,29-30H,3,5-6,9-17H2,1-2,4H3/b21-7+,22-8-/t18?,19-,23+,24+,25-,26+,27+/m0/s1. The average molecular weight is 430 g/mol. The van der Waals surface area contributed by atoms with Crippen LogP contribution in [-0.4, -0.2) is 59.7 Å². The Morgan fingerprint density at radius 3 is 2.87 bits per heavy atom. The second-order valence-corrected chi connectivity index (χ2v) is 11.1. The normalized spacial score (nSPS) is 43.4. The van der Waals surface area contributed by atoms with Gasteiger partial charge in [0.2, 0.25) is 0 Å². The van der Waals surface area contributed by atoms with E-state index < -0.39 is 12.2 Å². The third kappa shape index (κ3) is 4.73. The molecule has 1 heterocycles. The average Bonchev–Trinajstić information content (AvgIpc) is 3.09.